The van der Waals surface area contributed by atoms with Crippen LogP contribution in [0.3, 0.4) is 0 Å². The Kier molecular flexibility index (Phi) is 3.78. The highest BCUT2D eigenvalue weighted by atomic mass is 16.5. The van der Waals surface area contributed by atoms with Gasteiger partial charge in [0, 0.05) is 18.0 Å². The van der Waals surface area contributed by atoms with Crippen molar-refractivity contribution in [1.82, 2.24) is 19.7 Å². The lowest BCUT2D eigenvalue weighted by atomic mass is 10.2. The van der Waals surface area contributed by atoms with Crippen LogP contribution in [-0.2, 0) is 0 Å². The van der Waals surface area contributed by atoms with Crippen LogP contribution in [0.4, 0.5) is 5.69 Å². The summed E-state index contributed by atoms with van der Waals surface area (Å²) in [5.41, 5.74) is 1.06. The highest BCUT2D eigenvalue weighted by Crippen LogP contribution is 2.15. The van der Waals surface area contributed by atoms with E-state index in [9.17, 15) is 4.79 Å². The van der Waals surface area contributed by atoms with Crippen molar-refractivity contribution in [3.05, 3.63) is 60.7 Å². The smallest absolute Gasteiger partial charge is 0.255 e. The maximum Gasteiger partial charge on any atom is 0.255 e. The first-order valence-electron chi connectivity index (χ1n) is 6.54. The molecule has 3 aromatic rings. The second-order valence-electron chi connectivity index (χ2n) is 4.41. The van der Waals surface area contributed by atoms with Crippen molar-refractivity contribution < 1.29 is 9.53 Å². The fourth-order valence-corrected chi connectivity index (χ4v) is 1.87. The molecular weight excluding hydrogens is 282 g/mol. The minimum absolute atomic E-state index is 0.243. The van der Waals surface area contributed by atoms with Gasteiger partial charge in [-0.2, -0.15) is 5.10 Å². The van der Waals surface area contributed by atoms with Crippen LogP contribution in [-0.4, -0.2) is 32.8 Å². The molecule has 1 N–H and O–H groups in total. The van der Waals surface area contributed by atoms with E-state index in [1.807, 2.05) is 0 Å². The molecule has 1 amide bonds. The number of aromatic nitrogens is 4. The average Bonchev–Trinajstić information content (AvgIpc) is 3.04. The lowest BCUT2D eigenvalue weighted by molar-refractivity contribution is 0.102. The third-order valence-corrected chi connectivity index (χ3v) is 2.93. The normalized spacial score (nSPS) is 10.2. The molecule has 0 atom stereocenters. The topological polar surface area (TPSA) is 81.9 Å². The van der Waals surface area contributed by atoms with Gasteiger partial charge in [0.05, 0.1) is 25.2 Å². The molecule has 7 nitrogen and oxygen atoms in total. The molecule has 0 aliphatic rings. The number of carbonyl (C=O) groups excluding carboxylic acids is 1. The molecule has 0 bridgehead atoms. The summed E-state index contributed by atoms with van der Waals surface area (Å²) in [7, 11) is 1.56. The summed E-state index contributed by atoms with van der Waals surface area (Å²) >= 11 is 0. The summed E-state index contributed by atoms with van der Waals surface area (Å²) in [4.78, 5) is 20.4. The number of carbonyl (C=O) groups is 1. The van der Waals surface area contributed by atoms with E-state index in [1.165, 1.54) is 10.9 Å². The summed E-state index contributed by atoms with van der Waals surface area (Å²) in [6, 6.07) is 8.64. The Bertz CT molecular complexity index is 785. The quantitative estimate of drug-likeness (QED) is 0.795. The number of amides is 1. The highest BCUT2D eigenvalue weighted by Gasteiger charge is 2.09. The van der Waals surface area contributed by atoms with Crippen molar-refractivity contribution >= 4 is 11.6 Å². The van der Waals surface area contributed by atoms with Crippen LogP contribution in [0, 0.1) is 0 Å². The Balaban J connectivity index is 1.76. The third kappa shape index (κ3) is 2.93. The van der Waals surface area contributed by atoms with Crippen molar-refractivity contribution in [2.45, 2.75) is 0 Å². The van der Waals surface area contributed by atoms with Gasteiger partial charge in [-0.1, -0.05) is 6.07 Å². The second kappa shape index (κ2) is 6.04. The molecule has 0 radical (unpaired) electrons. The molecule has 2 aromatic heterocycles. The van der Waals surface area contributed by atoms with Gasteiger partial charge in [0.25, 0.3) is 5.91 Å². The Morgan fingerprint density at radius 2 is 2.05 bits per heavy atom. The maximum atomic E-state index is 12.2. The van der Waals surface area contributed by atoms with Crippen LogP contribution in [0.25, 0.3) is 5.95 Å². The zero-order chi connectivity index (χ0) is 15.4. The first kappa shape index (κ1) is 13.7. The summed E-state index contributed by atoms with van der Waals surface area (Å²) < 4.78 is 6.59. The number of nitrogens with zero attached hydrogens (tertiary/aromatic N) is 4. The Morgan fingerprint density at radius 3 is 2.82 bits per heavy atom. The van der Waals surface area contributed by atoms with Crippen LogP contribution in [0.2, 0.25) is 0 Å². The van der Waals surface area contributed by atoms with E-state index in [0.29, 0.717) is 22.9 Å². The van der Waals surface area contributed by atoms with E-state index < -0.39 is 0 Å². The fourth-order valence-electron chi connectivity index (χ4n) is 1.87. The monoisotopic (exact) mass is 295 g/mol. The second-order valence-corrected chi connectivity index (χ2v) is 4.41. The number of nitrogens with one attached hydrogen (secondary N) is 1. The Labute approximate surface area is 126 Å². The molecule has 0 saturated heterocycles. The molecule has 0 aliphatic heterocycles. The van der Waals surface area contributed by atoms with Crippen molar-refractivity contribution in [1.29, 1.82) is 0 Å². The number of ether oxygens (including phenoxy) is 1. The van der Waals surface area contributed by atoms with Gasteiger partial charge >= 0.3 is 0 Å². The Morgan fingerprint density at radius 1 is 1.23 bits per heavy atom. The highest BCUT2D eigenvalue weighted by molar-refractivity contribution is 6.04. The zero-order valence-corrected chi connectivity index (χ0v) is 11.8. The fraction of sp³-hybridized carbons (Fsp3) is 0.0667. The van der Waals surface area contributed by atoms with Gasteiger partial charge in [-0.05, 0) is 24.3 Å². The lowest BCUT2D eigenvalue weighted by Gasteiger charge is -2.04. The van der Waals surface area contributed by atoms with Crippen LogP contribution in [0.15, 0.2) is 55.1 Å². The molecule has 7 heteroatoms. The van der Waals surface area contributed by atoms with Crippen LogP contribution >= 0.6 is 0 Å². The van der Waals surface area contributed by atoms with Crippen molar-refractivity contribution in [2.75, 3.05) is 12.4 Å². The van der Waals surface area contributed by atoms with Gasteiger partial charge < -0.3 is 10.1 Å². The summed E-state index contributed by atoms with van der Waals surface area (Å²) in [6.45, 7) is 0. The van der Waals surface area contributed by atoms with Gasteiger partial charge in [0.15, 0.2) is 0 Å². The molecule has 0 aliphatic carbocycles. The van der Waals surface area contributed by atoms with Gasteiger partial charge in [-0.15, -0.1) is 0 Å². The predicted octanol–water partition coefficient (Wildman–Crippen LogP) is 1.92. The van der Waals surface area contributed by atoms with Crippen LogP contribution < -0.4 is 10.1 Å². The minimum atomic E-state index is -0.243. The number of anilines is 1. The van der Waals surface area contributed by atoms with Gasteiger partial charge in [-0.25, -0.2) is 14.6 Å². The van der Waals surface area contributed by atoms with Crippen molar-refractivity contribution in [3.63, 3.8) is 0 Å². The molecular formula is C15H13N5O2. The molecule has 110 valence electrons. The predicted molar refractivity (Wildman–Crippen MR) is 80.1 cm³/mol. The number of hydrogen-bond donors (Lipinski definition) is 1. The average molecular weight is 295 g/mol. The molecule has 0 unspecified atom stereocenters. The molecule has 22 heavy (non-hydrogen) atoms. The van der Waals surface area contributed by atoms with Crippen molar-refractivity contribution in [2.24, 2.45) is 0 Å². The van der Waals surface area contributed by atoms with Gasteiger partial charge in [0.2, 0.25) is 5.95 Å². The summed E-state index contributed by atoms with van der Waals surface area (Å²) in [5, 5.41) is 6.89. The van der Waals surface area contributed by atoms with Gasteiger partial charge in [0.1, 0.15) is 5.75 Å². The van der Waals surface area contributed by atoms with E-state index in [1.54, 1.807) is 56.0 Å². The van der Waals surface area contributed by atoms with E-state index in [-0.39, 0.29) is 5.91 Å². The summed E-state index contributed by atoms with van der Waals surface area (Å²) in [6.07, 6.45) is 6.43. The van der Waals surface area contributed by atoms with E-state index in [4.69, 9.17) is 4.74 Å². The van der Waals surface area contributed by atoms with Crippen LogP contribution in [0.5, 0.6) is 5.75 Å². The Hall–Kier alpha value is -3.22. The standard InChI is InChI=1S/C15H13N5O2/c1-22-13-5-2-4-11(8-13)14(21)19-12-9-18-20(10-12)15-16-6-3-7-17-15/h2-10H,1H3,(H,19,21). The first-order chi connectivity index (χ1) is 10.8. The molecule has 3 rings (SSSR count). The molecule has 2 heterocycles. The zero-order valence-electron chi connectivity index (χ0n) is 11.8. The minimum Gasteiger partial charge on any atom is -0.497 e. The number of hydrogen-bond acceptors (Lipinski definition) is 5. The molecule has 1 aromatic carbocycles. The number of methoxy groups -OCH3 is 1. The maximum absolute atomic E-state index is 12.2. The van der Waals surface area contributed by atoms with E-state index >= 15 is 0 Å². The van der Waals surface area contributed by atoms with Crippen LogP contribution in [0.1, 0.15) is 10.4 Å². The lowest BCUT2D eigenvalue weighted by Crippen LogP contribution is -2.11. The molecule has 0 fully saturated rings. The van der Waals surface area contributed by atoms with E-state index in [2.05, 4.69) is 20.4 Å². The molecule has 0 saturated carbocycles. The van der Waals surface area contributed by atoms with Gasteiger partial charge in [-0.3, -0.25) is 4.79 Å². The van der Waals surface area contributed by atoms with E-state index in [0.717, 1.165) is 0 Å². The first-order valence-corrected chi connectivity index (χ1v) is 6.54. The molecule has 0 spiro atoms. The van der Waals surface area contributed by atoms with Crippen molar-refractivity contribution in [3.8, 4) is 11.7 Å². The SMILES string of the molecule is COc1cccc(C(=O)Nc2cnn(-c3ncccn3)c2)c1. The summed E-state index contributed by atoms with van der Waals surface area (Å²) in [5.74, 6) is 0.817. The number of benzene rings is 1. The largest absolute Gasteiger partial charge is 0.497 e. The third-order valence-electron chi connectivity index (χ3n) is 2.93. The number of rotatable bonds is 4.